The van der Waals surface area contributed by atoms with Crippen LogP contribution in [-0.2, 0) is 6.61 Å². The van der Waals surface area contributed by atoms with Crippen LogP contribution in [0.25, 0.3) is 11.3 Å². The van der Waals surface area contributed by atoms with E-state index in [-0.39, 0.29) is 5.69 Å². The molecule has 8 heteroatoms. The number of H-pyrrole nitrogens is 1. The fourth-order valence-electron chi connectivity index (χ4n) is 2.37. The summed E-state index contributed by atoms with van der Waals surface area (Å²) in [6.45, 7) is 0.304. The van der Waals surface area contributed by atoms with Crippen LogP contribution in [0.5, 0.6) is 11.5 Å². The monoisotopic (exact) mass is 402 g/mol. The standard InChI is InChI=1S/C17H15BrN4O3/c1-24-13-8-4-6-11(14-15(17(19)23)21-22-20-14)16(13)25-9-10-5-2-3-7-12(10)18/h2-8H,9H2,1H3,(H2,19,23)(H,20,21,22). The van der Waals surface area contributed by atoms with E-state index in [0.717, 1.165) is 10.0 Å². The van der Waals surface area contributed by atoms with Crippen LogP contribution in [0.15, 0.2) is 46.9 Å². The number of benzene rings is 2. The lowest BCUT2D eigenvalue weighted by Gasteiger charge is -2.15. The second-order valence-corrected chi connectivity index (χ2v) is 5.96. The van der Waals surface area contributed by atoms with Gasteiger partial charge in [-0.05, 0) is 18.2 Å². The van der Waals surface area contributed by atoms with Crippen molar-refractivity contribution in [2.75, 3.05) is 7.11 Å². The maximum atomic E-state index is 11.6. The molecule has 128 valence electrons. The summed E-state index contributed by atoms with van der Waals surface area (Å²) in [7, 11) is 1.54. The molecule has 0 spiro atoms. The number of halogens is 1. The molecule has 0 unspecified atom stereocenters. The fraction of sp³-hybridized carbons (Fsp3) is 0.118. The maximum Gasteiger partial charge on any atom is 0.271 e. The van der Waals surface area contributed by atoms with Crippen molar-refractivity contribution in [1.29, 1.82) is 0 Å². The van der Waals surface area contributed by atoms with E-state index in [1.165, 1.54) is 0 Å². The number of hydrogen-bond acceptors (Lipinski definition) is 5. The first-order chi connectivity index (χ1) is 12.1. The largest absolute Gasteiger partial charge is 0.493 e. The Labute approximate surface area is 152 Å². The third-order valence-electron chi connectivity index (χ3n) is 3.57. The van der Waals surface area contributed by atoms with E-state index >= 15 is 0 Å². The quantitative estimate of drug-likeness (QED) is 0.659. The van der Waals surface area contributed by atoms with Crippen molar-refractivity contribution in [3.05, 3.63) is 58.2 Å². The number of aromatic amines is 1. The number of hydrogen-bond donors (Lipinski definition) is 2. The number of nitrogens with zero attached hydrogens (tertiary/aromatic N) is 2. The van der Waals surface area contributed by atoms with Gasteiger partial charge in [-0.2, -0.15) is 15.4 Å². The van der Waals surface area contributed by atoms with E-state index in [4.69, 9.17) is 15.2 Å². The van der Waals surface area contributed by atoms with Crippen LogP contribution in [0.2, 0.25) is 0 Å². The van der Waals surface area contributed by atoms with Crippen molar-refractivity contribution in [3.8, 4) is 22.8 Å². The minimum Gasteiger partial charge on any atom is -0.493 e. The second-order valence-electron chi connectivity index (χ2n) is 5.10. The van der Waals surface area contributed by atoms with E-state index in [1.807, 2.05) is 24.3 Å². The molecule has 0 saturated heterocycles. The second kappa shape index (κ2) is 7.35. The highest BCUT2D eigenvalue weighted by Crippen LogP contribution is 2.38. The zero-order chi connectivity index (χ0) is 17.8. The maximum absolute atomic E-state index is 11.6. The van der Waals surface area contributed by atoms with Gasteiger partial charge in [0.2, 0.25) is 0 Å². The molecule has 0 aliphatic carbocycles. The number of nitrogens with one attached hydrogen (secondary N) is 1. The number of nitrogens with two attached hydrogens (primary N) is 1. The van der Waals surface area contributed by atoms with E-state index in [2.05, 4.69) is 31.3 Å². The normalized spacial score (nSPS) is 10.5. The Balaban J connectivity index is 2.01. The van der Waals surface area contributed by atoms with E-state index in [0.29, 0.717) is 29.4 Å². The number of amides is 1. The molecule has 0 bridgehead atoms. The zero-order valence-corrected chi connectivity index (χ0v) is 14.9. The molecule has 0 aliphatic rings. The molecule has 0 atom stereocenters. The Morgan fingerprint density at radius 2 is 2.00 bits per heavy atom. The minimum absolute atomic E-state index is 0.0407. The van der Waals surface area contributed by atoms with Crippen LogP contribution in [0, 0.1) is 0 Å². The number of rotatable bonds is 6. The first kappa shape index (κ1) is 17.0. The van der Waals surface area contributed by atoms with Gasteiger partial charge in [-0.15, -0.1) is 0 Å². The molecule has 2 aromatic carbocycles. The SMILES string of the molecule is COc1cccc(-c2n[nH]nc2C(N)=O)c1OCc1ccccc1Br. The van der Waals surface area contributed by atoms with Gasteiger partial charge in [-0.3, -0.25) is 4.79 Å². The molecule has 1 heterocycles. The fourth-order valence-corrected chi connectivity index (χ4v) is 2.77. The van der Waals surface area contributed by atoms with Crippen molar-refractivity contribution < 1.29 is 14.3 Å². The van der Waals surface area contributed by atoms with Gasteiger partial charge in [0, 0.05) is 10.0 Å². The summed E-state index contributed by atoms with van der Waals surface area (Å²) in [6.07, 6.45) is 0. The molecular weight excluding hydrogens is 388 g/mol. The molecule has 7 nitrogen and oxygen atoms in total. The minimum atomic E-state index is -0.677. The highest BCUT2D eigenvalue weighted by atomic mass is 79.9. The summed E-state index contributed by atoms with van der Waals surface area (Å²) in [6, 6.07) is 13.0. The Kier molecular flexibility index (Phi) is 4.99. The lowest BCUT2D eigenvalue weighted by atomic mass is 10.1. The van der Waals surface area contributed by atoms with Crippen LogP contribution in [0.4, 0.5) is 0 Å². The van der Waals surface area contributed by atoms with Crippen molar-refractivity contribution in [2.24, 2.45) is 5.73 Å². The molecule has 3 aromatic rings. The number of carbonyl (C=O) groups is 1. The van der Waals surface area contributed by atoms with Crippen molar-refractivity contribution in [1.82, 2.24) is 15.4 Å². The first-order valence-electron chi connectivity index (χ1n) is 7.36. The molecule has 0 fully saturated rings. The smallest absolute Gasteiger partial charge is 0.271 e. The molecular formula is C17H15BrN4O3. The van der Waals surface area contributed by atoms with Gasteiger partial charge in [0.1, 0.15) is 12.3 Å². The number of carbonyl (C=O) groups excluding carboxylic acids is 1. The number of methoxy groups -OCH3 is 1. The van der Waals surface area contributed by atoms with E-state index < -0.39 is 5.91 Å². The Morgan fingerprint density at radius 3 is 2.72 bits per heavy atom. The lowest BCUT2D eigenvalue weighted by molar-refractivity contribution is 0.0996. The van der Waals surface area contributed by atoms with Gasteiger partial charge in [0.15, 0.2) is 17.2 Å². The highest BCUT2D eigenvalue weighted by Gasteiger charge is 2.21. The van der Waals surface area contributed by atoms with Gasteiger partial charge in [0.25, 0.3) is 5.91 Å². The Morgan fingerprint density at radius 1 is 1.20 bits per heavy atom. The Bertz CT molecular complexity index is 910. The van der Waals surface area contributed by atoms with Crippen molar-refractivity contribution in [3.63, 3.8) is 0 Å². The average molecular weight is 403 g/mol. The number of primary amides is 1. The van der Waals surface area contributed by atoms with Crippen LogP contribution >= 0.6 is 15.9 Å². The molecule has 1 aromatic heterocycles. The summed E-state index contributed by atoms with van der Waals surface area (Å²) in [5.41, 5.74) is 7.25. The lowest BCUT2D eigenvalue weighted by Crippen LogP contribution is -2.13. The van der Waals surface area contributed by atoms with E-state index in [9.17, 15) is 4.79 Å². The molecule has 25 heavy (non-hydrogen) atoms. The molecule has 0 aliphatic heterocycles. The van der Waals surface area contributed by atoms with Crippen LogP contribution in [0.1, 0.15) is 16.1 Å². The predicted molar refractivity (Wildman–Crippen MR) is 95.4 cm³/mol. The summed E-state index contributed by atoms with van der Waals surface area (Å²) in [5.74, 6) is 0.295. The van der Waals surface area contributed by atoms with Crippen LogP contribution < -0.4 is 15.2 Å². The molecule has 0 radical (unpaired) electrons. The first-order valence-corrected chi connectivity index (χ1v) is 8.15. The highest BCUT2D eigenvalue weighted by molar-refractivity contribution is 9.10. The van der Waals surface area contributed by atoms with Crippen molar-refractivity contribution in [2.45, 2.75) is 6.61 Å². The number of para-hydroxylation sites is 1. The van der Waals surface area contributed by atoms with Crippen molar-refractivity contribution >= 4 is 21.8 Å². The van der Waals surface area contributed by atoms with Crippen LogP contribution in [0.3, 0.4) is 0 Å². The molecule has 3 rings (SSSR count). The zero-order valence-electron chi connectivity index (χ0n) is 13.3. The molecule has 3 N–H and O–H groups in total. The van der Waals surface area contributed by atoms with Gasteiger partial charge in [0.05, 0.1) is 12.7 Å². The van der Waals surface area contributed by atoms with Gasteiger partial charge in [-0.1, -0.05) is 40.2 Å². The van der Waals surface area contributed by atoms with Gasteiger partial charge in [-0.25, -0.2) is 0 Å². The number of aromatic nitrogens is 3. The van der Waals surface area contributed by atoms with Crippen LogP contribution in [-0.4, -0.2) is 28.4 Å². The topological polar surface area (TPSA) is 103 Å². The van der Waals surface area contributed by atoms with Gasteiger partial charge >= 0.3 is 0 Å². The summed E-state index contributed by atoms with van der Waals surface area (Å²) in [4.78, 5) is 11.6. The summed E-state index contributed by atoms with van der Waals surface area (Å²) >= 11 is 3.49. The molecule has 1 amide bonds. The third kappa shape index (κ3) is 3.48. The number of ether oxygens (including phenoxy) is 2. The van der Waals surface area contributed by atoms with Gasteiger partial charge < -0.3 is 15.2 Å². The summed E-state index contributed by atoms with van der Waals surface area (Å²) < 4.78 is 12.3. The summed E-state index contributed by atoms with van der Waals surface area (Å²) in [5, 5.41) is 10.3. The molecule has 0 saturated carbocycles. The average Bonchev–Trinajstić information content (AvgIpc) is 3.10. The Hall–Kier alpha value is -2.87. The predicted octanol–water partition coefficient (Wildman–Crippen LogP) is 2.92. The third-order valence-corrected chi connectivity index (χ3v) is 4.34. The van der Waals surface area contributed by atoms with E-state index in [1.54, 1.807) is 25.3 Å².